The molecule has 3 heteroatoms. The molecule has 1 atom stereocenters. The molecule has 2 rings (SSSR count). The number of cyclic esters (lactones) is 1. The monoisotopic (exact) mass is 204 g/mol. The Kier molecular flexibility index (Phi) is 2.46. The maximum Gasteiger partial charge on any atom is 0.339 e. The molecule has 0 fully saturated rings. The first-order chi connectivity index (χ1) is 7.24. The van der Waals surface area contributed by atoms with Crippen LogP contribution in [0.1, 0.15) is 35.4 Å². The van der Waals surface area contributed by atoms with Gasteiger partial charge in [-0.2, -0.15) is 0 Å². The van der Waals surface area contributed by atoms with Crippen LogP contribution in [0.4, 0.5) is 0 Å². The van der Waals surface area contributed by atoms with Gasteiger partial charge < -0.3 is 9.84 Å². The zero-order valence-corrected chi connectivity index (χ0v) is 8.43. The zero-order chi connectivity index (χ0) is 10.8. The van der Waals surface area contributed by atoms with E-state index in [4.69, 9.17) is 4.74 Å². The number of rotatable bonds is 2. The van der Waals surface area contributed by atoms with E-state index in [1.54, 1.807) is 24.3 Å². The highest BCUT2D eigenvalue weighted by Crippen LogP contribution is 2.37. The Morgan fingerprint density at radius 1 is 1.53 bits per heavy atom. The van der Waals surface area contributed by atoms with Gasteiger partial charge >= 0.3 is 5.97 Å². The third-order valence-electron chi connectivity index (χ3n) is 2.37. The lowest BCUT2D eigenvalue weighted by Gasteiger charge is -2.05. The molecule has 0 aromatic heterocycles. The molecule has 1 aromatic carbocycles. The van der Waals surface area contributed by atoms with E-state index < -0.39 is 6.10 Å². The highest BCUT2D eigenvalue weighted by molar-refractivity contribution is 5.95. The fourth-order valence-corrected chi connectivity index (χ4v) is 1.66. The van der Waals surface area contributed by atoms with E-state index in [0.29, 0.717) is 11.1 Å². The van der Waals surface area contributed by atoms with Gasteiger partial charge in [-0.15, -0.1) is 0 Å². The lowest BCUT2D eigenvalue weighted by atomic mass is 10.0. The van der Waals surface area contributed by atoms with E-state index in [0.717, 1.165) is 6.42 Å². The van der Waals surface area contributed by atoms with E-state index >= 15 is 0 Å². The Labute approximate surface area is 88.0 Å². The maximum absolute atomic E-state index is 11.4. The number of ether oxygens (including phenoxy) is 1. The molecular weight excluding hydrogens is 192 g/mol. The van der Waals surface area contributed by atoms with Crippen LogP contribution in [-0.4, -0.2) is 11.1 Å². The molecule has 0 amide bonds. The number of carbonyl (C=O) groups is 1. The van der Waals surface area contributed by atoms with Crippen LogP contribution in [0, 0.1) is 0 Å². The highest BCUT2D eigenvalue weighted by atomic mass is 16.5. The summed E-state index contributed by atoms with van der Waals surface area (Å²) in [5, 5.41) is 9.65. The Hall–Kier alpha value is -1.77. The van der Waals surface area contributed by atoms with Crippen LogP contribution >= 0.6 is 0 Å². The normalized spacial score (nSPS) is 19.3. The van der Waals surface area contributed by atoms with E-state index in [2.05, 4.69) is 0 Å². The topological polar surface area (TPSA) is 46.5 Å². The second-order valence-corrected chi connectivity index (χ2v) is 3.40. The zero-order valence-electron chi connectivity index (χ0n) is 8.43. The second kappa shape index (κ2) is 3.77. The number of esters is 1. The summed E-state index contributed by atoms with van der Waals surface area (Å²) >= 11 is 0. The van der Waals surface area contributed by atoms with Crippen LogP contribution in [0.5, 0.6) is 5.75 Å². The molecule has 1 aliphatic rings. The van der Waals surface area contributed by atoms with Gasteiger partial charge in [0.15, 0.2) is 0 Å². The van der Waals surface area contributed by atoms with Crippen LogP contribution in [0.2, 0.25) is 0 Å². The number of phenols is 1. The summed E-state index contributed by atoms with van der Waals surface area (Å²) < 4.78 is 5.13. The molecule has 1 N–H and O–H groups in total. The van der Waals surface area contributed by atoms with Gasteiger partial charge in [0.05, 0.1) is 11.1 Å². The maximum atomic E-state index is 11.4. The minimum absolute atomic E-state index is 0.115. The fraction of sp³-hybridized carbons (Fsp3) is 0.250. The molecule has 0 saturated carbocycles. The third-order valence-corrected chi connectivity index (χ3v) is 2.37. The van der Waals surface area contributed by atoms with Gasteiger partial charge in [-0.25, -0.2) is 4.79 Å². The number of aromatic hydroxyl groups is 1. The quantitative estimate of drug-likeness (QED) is 0.595. The van der Waals surface area contributed by atoms with Crippen molar-refractivity contribution in [1.29, 1.82) is 0 Å². The molecule has 0 radical (unpaired) electrons. The lowest BCUT2D eigenvalue weighted by molar-refractivity contribution is 0.0466. The van der Waals surface area contributed by atoms with Crippen molar-refractivity contribution in [3.63, 3.8) is 0 Å². The molecule has 1 unspecified atom stereocenters. The fourth-order valence-electron chi connectivity index (χ4n) is 1.66. The van der Waals surface area contributed by atoms with E-state index in [-0.39, 0.29) is 11.7 Å². The molecule has 1 aromatic rings. The van der Waals surface area contributed by atoms with Crippen LogP contribution in [0.25, 0.3) is 0 Å². The number of phenolic OH excluding ortho intramolecular Hbond substituents is 1. The number of hydrogen-bond acceptors (Lipinski definition) is 3. The van der Waals surface area contributed by atoms with Crippen molar-refractivity contribution in [2.24, 2.45) is 0 Å². The van der Waals surface area contributed by atoms with E-state index in [9.17, 15) is 9.90 Å². The summed E-state index contributed by atoms with van der Waals surface area (Å²) in [5.74, 6) is -0.254. The smallest absolute Gasteiger partial charge is 0.339 e. The first-order valence-electron chi connectivity index (χ1n) is 4.93. The third kappa shape index (κ3) is 1.61. The molecular formula is C12H12O3. The predicted octanol–water partition coefficient (Wildman–Crippen LogP) is 2.57. The first-order valence-corrected chi connectivity index (χ1v) is 4.93. The molecule has 0 spiro atoms. The second-order valence-electron chi connectivity index (χ2n) is 3.40. The van der Waals surface area contributed by atoms with Crippen molar-refractivity contribution < 1.29 is 14.6 Å². The van der Waals surface area contributed by atoms with Crippen LogP contribution in [-0.2, 0) is 4.74 Å². The van der Waals surface area contributed by atoms with Gasteiger partial charge in [0.25, 0.3) is 0 Å². The minimum atomic E-state index is -0.436. The van der Waals surface area contributed by atoms with Crippen LogP contribution in [0.15, 0.2) is 30.4 Å². The molecule has 0 saturated heterocycles. The Morgan fingerprint density at radius 2 is 2.33 bits per heavy atom. The summed E-state index contributed by atoms with van der Waals surface area (Å²) in [7, 11) is 0. The highest BCUT2D eigenvalue weighted by Gasteiger charge is 2.31. The van der Waals surface area contributed by atoms with Crippen molar-refractivity contribution in [2.75, 3.05) is 0 Å². The summed E-state index contributed by atoms with van der Waals surface area (Å²) in [4.78, 5) is 11.4. The van der Waals surface area contributed by atoms with Gasteiger partial charge in [0, 0.05) is 0 Å². The number of benzene rings is 1. The van der Waals surface area contributed by atoms with Gasteiger partial charge in [-0.05, 0) is 24.6 Å². The number of hydrogen-bond donors (Lipinski definition) is 1. The first kappa shape index (κ1) is 9.77. The molecule has 15 heavy (non-hydrogen) atoms. The Morgan fingerprint density at radius 3 is 3.07 bits per heavy atom. The summed E-state index contributed by atoms with van der Waals surface area (Å²) in [6.07, 6.45) is 4.15. The van der Waals surface area contributed by atoms with E-state index in [1.165, 1.54) is 0 Å². The number of carbonyl (C=O) groups excluding carboxylic acids is 1. The molecule has 0 bridgehead atoms. The van der Waals surface area contributed by atoms with Crippen molar-refractivity contribution in [3.05, 3.63) is 41.5 Å². The van der Waals surface area contributed by atoms with Gasteiger partial charge in [0.1, 0.15) is 11.9 Å². The molecule has 78 valence electrons. The number of allylic oxidation sites excluding steroid dienone is 1. The minimum Gasteiger partial charge on any atom is -0.507 e. The average molecular weight is 204 g/mol. The van der Waals surface area contributed by atoms with Crippen LogP contribution in [0.3, 0.4) is 0 Å². The SMILES string of the molecule is CCC=CC1OC(=O)c2cccc(O)c21. The van der Waals surface area contributed by atoms with Gasteiger partial charge in [0.2, 0.25) is 0 Å². The summed E-state index contributed by atoms with van der Waals surface area (Å²) in [6.45, 7) is 2.00. The van der Waals surface area contributed by atoms with Gasteiger partial charge in [-0.3, -0.25) is 0 Å². The average Bonchev–Trinajstić information content (AvgIpc) is 2.55. The van der Waals surface area contributed by atoms with Crippen LogP contribution < -0.4 is 0 Å². The van der Waals surface area contributed by atoms with Crippen molar-refractivity contribution in [1.82, 2.24) is 0 Å². The molecule has 1 heterocycles. The standard InChI is InChI=1S/C12H12O3/c1-2-3-7-10-11-8(12(14)15-10)5-4-6-9(11)13/h3-7,10,13H,2H2,1H3. The van der Waals surface area contributed by atoms with Crippen molar-refractivity contribution in [3.8, 4) is 5.75 Å². The molecule has 1 aliphatic heterocycles. The van der Waals surface area contributed by atoms with Crippen molar-refractivity contribution >= 4 is 5.97 Å². The Balaban J connectivity index is 2.44. The summed E-state index contributed by atoms with van der Waals surface area (Å²) in [5.41, 5.74) is 1.04. The van der Waals surface area contributed by atoms with Gasteiger partial charge in [-0.1, -0.05) is 19.1 Å². The predicted molar refractivity (Wildman–Crippen MR) is 55.7 cm³/mol. The summed E-state index contributed by atoms with van der Waals surface area (Å²) in [6, 6.07) is 4.87. The number of fused-ring (bicyclic) bond motifs is 1. The van der Waals surface area contributed by atoms with E-state index in [1.807, 2.05) is 13.0 Å². The van der Waals surface area contributed by atoms with Crippen molar-refractivity contribution in [2.45, 2.75) is 19.4 Å². The molecule has 3 nitrogen and oxygen atoms in total. The largest absolute Gasteiger partial charge is 0.507 e. The lowest BCUT2D eigenvalue weighted by Crippen LogP contribution is -1.95. The Bertz CT molecular complexity index is 421. The molecule has 0 aliphatic carbocycles.